The van der Waals surface area contributed by atoms with Gasteiger partial charge in [0.25, 0.3) is 0 Å². The molecule has 1 aliphatic heterocycles. The van der Waals surface area contributed by atoms with E-state index >= 15 is 0 Å². The summed E-state index contributed by atoms with van der Waals surface area (Å²) in [5, 5.41) is 3.43. The van der Waals surface area contributed by atoms with Crippen LogP contribution < -0.4 is 10.2 Å². The lowest BCUT2D eigenvalue weighted by Crippen LogP contribution is -2.36. The first-order valence-corrected chi connectivity index (χ1v) is 7.79. The minimum absolute atomic E-state index is 0.113. The first-order valence-electron chi connectivity index (χ1n) is 7.79. The molecule has 0 aromatic carbocycles. The zero-order valence-electron chi connectivity index (χ0n) is 13.3. The van der Waals surface area contributed by atoms with Gasteiger partial charge in [0.15, 0.2) is 0 Å². The van der Waals surface area contributed by atoms with Crippen LogP contribution in [0.15, 0.2) is 12.4 Å². The van der Waals surface area contributed by atoms with E-state index in [1.165, 1.54) is 19.3 Å². The first kappa shape index (κ1) is 15.2. The van der Waals surface area contributed by atoms with Crippen molar-refractivity contribution in [3.8, 4) is 0 Å². The lowest BCUT2D eigenvalue weighted by Gasteiger charge is -2.32. The largest absolute Gasteiger partial charge is 0.355 e. The van der Waals surface area contributed by atoms with Crippen LogP contribution in [0.2, 0.25) is 0 Å². The molecule has 0 saturated carbocycles. The van der Waals surface area contributed by atoms with E-state index in [2.05, 4.69) is 47.9 Å². The van der Waals surface area contributed by atoms with Crippen LogP contribution >= 0.6 is 0 Å². The number of aromatic nitrogens is 2. The molecule has 4 nitrogen and oxygen atoms in total. The number of anilines is 1. The van der Waals surface area contributed by atoms with Crippen molar-refractivity contribution in [3.05, 3.63) is 18.1 Å². The van der Waals surface area contributed by atoms with Crippen LogP contribution in [0.1, 0.15) is 52.7 Å². The van der Waals surface area contributed by atoms with Crippen molar-refractivity contribution >= 4 is 5.82 Å². The van der Waals surface area contributed by atoms with E-state index in [1.54, 1.807) is 0 Å². The van der Waals surface area contributed by atoms with Crippen LogP contribution in [0.3, 0.4) is 0 Å². The van der Waals surface area contributed by atoms with Gasteiger partial charge >= 0.3 is 0 Å². The van der Waals surface area contributed by atoms with Crippen molar-refractivity contribution in [1.29, 1.82) is 0 Å². The van der Waals surface area contributed by atoms with Gasteiger partial charge in [0.1, 0.15) is 5.82 Å². The van der Waals surface area contributed by atoms with Gasteiger partial charge in [-0.25, -0.2) is 4.98 Å². The van der Waals surface area contributed by atoms with Gasteiger partial charge in [-0.15, -0.1) is 0 Å². The Morgan fingerprint density at radius 1 is 1.20 bits per heavy atom. The number of piperidine rings is 1. The van der Waals surface area contributed by atoms with Gasteiger partial charge in [0.05, 0.1) is 18.1 Å². The Hall–Kier alpha value is -1.16. The van der Waals surface area contributed by atoms with Crippen molar-refractivity contribution in [3.63, 3.8) is 0 Å². The highest BCUT2D eigenvalue weighted by Gasteiger charge is 2.19. The molecule has 1 N–H and O–H groups in total. The summed E-state index contributed by atoms with van der Waals surface area (Å²) >= 11 is 0. The third-order valence-corrected chi connectivity index (χ3v) is 4.01. The third-order valence-electron chi connectivity index (χ3n) is 4.01. The molecule has 0 spiro atoms. The number of nitrogens with one attached hydrogen (secondary N) is 1. The Bertz CT molecular complexity index is 399. The molecule has 0 atom stereocenters. The molecule has 1 saturated heterocycles. The summed E-state index contributed by atoms with van der Waals surface area (Å²) in [6, 6.07) is 0. The van der Waals surface area contributed by atoms with E-state index in [9.17, 15) is 0 Å². The maximum absolute atomic E-state index is 4.58. The average molecular weight is 276 g/mol. The Morgan fingerprint density at radius 2 is 1.90 bits per heavy atom. The van der Waals surface area contributed by atoms with Gasteiger partial charge in [-0.05, 0) is 39.5 Å². The van der Waals surface area contributed by atoms with Crippen LogP contribution in [-0.2, 0) is 6.54 Å². The van der Waals surface area contributed by atoms with Crippen molar-refractivity contribution in [2.75, 3.05) is 18.0 Å². The van der Waals surface area contributed by atoms with Gasteiger partial charge in [0, 0.05) is 25.2 Å². The van der Waals surface area contributed by atoms with E-state index in [1.807, 2.05) is 12.4 Å². The van der Waals surface area contributed by atoms with Gasteiger partial charge in [-0.2, -0.15) is 0 Å². The minimum Gasteiger partial charge on any atom is -0.355 e. The Morgan fingerprint density at radius 3 is 2.40 bits per heavy atom. The molecule has 2 heterocycles. The average Bonchev–Trinajstić information content (AvgIpc) is 2.45. The molecule has 0 unspecified atom stereocenters. The molecule has 0 aliphatic carbocycles. The Labute approximate surface area is 123 Å². The molecule has 2 rings (SSSR count). The van der Waals surface area contributed by atoms with E-state index in [-0.39, 0.29) is 5.54 Å². The van der Waals surface area contributed by atoms with Crippen molar-refractivity contribution < 1.29 is 0 Å². The van der Waals surface area contributed by atoms with Crippen LogP contribution in [0.25, 0.3) is 0 Å². The quantitative estimate of drug-likeness (QED) is 0.918. The van der Waals surface area contributed by atoms with Crippen molar-refractivity contribution in [2.24, 2.45) is 5.92 Å². The fraction of sp³-hybridized carbons (Fsp3) is 0.750. The Kier molecular flexibility index (Phi) is 4.97. The second-order valence-corrected chi connectivity index (χ2v) is 6.81. The van der Waals surface area contributed by atoms with Gasteiger partial charge in [0.2, 0.25) is 0 Å². The molecule has 1 aromatic rings. The summed E-state index contributed by atoms with van der Waals surface area (Å²) in [5.41, 5.74) is 1.12. The molecule has 0 amide bonds. The van der Waals surface area contributed by atoms with E-state index in [4.69, 9.17) is 0 Å². The molecular formula is C16H28N4. The summed E-state index contributed by atoms with van der Waals surface area (Å²) in [4.78, 5) is 11.5. The highest BCUT2D eigenvalue weighted by atomic mass is 15.2. The number of nitrogens with zero attached hydrogens (tertiary/aromatic N) is 3. The van der Waals surface area contributed by atoms with Crippen LogP contribution in [0.5, 0.6) is 0 Å². The molecule has 0 radical (unpaired) electrons. The summed E-state index contributed by atoms with van der Waals surface area (Å²) in [6.07, 6.45) is 7.69. The Balaban J connectivity index is 1.88. The highest BCUT2D eigenvalue weighted by Crippen LogP contribution is 2.23. The molecule has 0 bridgehead atoms. The second kappa shape index (κ2) is 6.53. The van der Waals surface area contributed by atoms with E-state index in [0.717, 1.165) is 37.1 Å². The zero-order chi connectivity index (χ0) is 14.6. The summed E-state index contributed by atoms with van der Waals surface area (Å²) in [6.45, 7) is 11.8. The van der Waals surface area contributed by atoms with Crippen LogP contribution in [0, 0.1) is 5.92 Å². The maximum Gasteiger partial charge on any atom is 0.147 e. The van der Waals surface area contributed by atoms with Crippen molar-refractivity contribution in [2.45, 2.75) is 59.0 Å². The molecule has 20 heavy (non-hydrogen) atoms. The lowest BCUT2D eigenvalue weighted by molar-refractivity contribution is 0.393. The van der Waals surface area contributed by atoms with E-state index in [0.29, 0.717) is 0 Å². The fourth-order valence-corrected chi connectivity index (χ4v) is 2.53. The standard InChI is InChI=1S/C16H28N4/c1-5-13-6-8-20(9-7-13)15-12-17-14(10-18-15)11-19-16(2,3)4/h10,12-13,19H,5-9,11H2,1-4H3. The first-order chi connectivity index (χ1) is 9.48. The molecule has 4 heteroatoms. The lowest BCUT2D eigenvalue weighted by atomic mass is 9.94. The molecule has 1 aromatic heterocycles. The SMILES string of the molecule is CCC1CCN(c2cnc(CNC(C)(C)C)cn2)CC1. The molecular weight excluding hydrogens is 248 g/mol. The van der Waals surface area contributed by atoms with Gasteiger partial charge in [-0.3, -0.25) is 4.98 Å². The highest BCUT2D eigenvalue weighted by molar-refractivity contribution is 5.36. The number of rotatable bonds is 4. The van der Waals surface area contributed by atoms with Crippen molar-refractivity contribution in [1.82, 2.24) is 15.3 Å². The molecule has 1 fully saturated rings. The molecule has 112 valence electrons. The normalized spacial score (nSPS) is 17.5. The topological polar surface area (TPSA) is 41.1 Å². The van der Waals surface area contributed by atoms with Gasteiger partial charge in [-0.1, -0.05) is 13.3 Å². The summed E-state index contributed by atoms with van der Waals surface area (Å²) in [5.74, 6) is 1.92. The predicted octanol–water partition coefficient (Wildman–Crippen LogP) is 2.99. The zero-order valence-corrected chi connectivity index (χ0v) is 13.3. The molecule has 1 aliphatic rings. The summed E-state index contributed by atoms with van der Waals surface area (Å²) < 4.78 is 0. The summed E-state index contributed by atoms with van der Waals surface area (Å²) in [7, 11) is 0. The second-order valence-electron chi connectivity index (χ2n) is 6.81. The number of hydrogen-bond donors (Lipinski definition) is 1. The monoisotopic (exact) mass is 276 g/mol. The maximum atomic E-state index is 4.58. The smallest absolute Gasteiger partial charge is 0.147 e. The fourth-order valence-electron chi connectivity index (χ4n) is 2.53. The van der Waals surface area contributed by atoms with Gasteiger partial charge < -0.3 is 10.2 Å². The minimum atomic E-state index is 0.113. The van der Waals surface area contributed by atoms with Crippen LogP contribution in [0.4, 0.5) is 5.82 Å². The predicted molar refractivity (Wildman–Crippen MR) is 83.9 cm³/mol. The van der Waals surface area contributed by atoms with Crippen LogP contribution in [-0.4, -0.2) is 28.6 Å². The van der Waals surface area contributed by atoms with E-state index < -0.39 is 0 Å². The number of hydrogen-bond acceptors (Lipinski definition) is 4. The third kappa shape index (κ3) is 4.44.